The van der Waals surface area contributed by atoms with E-state index in [2.05, 4.69) is 36.2 Å². The van der Waals surface area contributed by atoms with Crippen LogP contribution in [-0.2, 0) is 6.18 Å². The number of ether oxygens (including phenoxy) is 1. The minimum Gasteiger partial charge on any atom is -0.467 e. The van der Waals surface area contributed by atoms with Crippen molar-refractivity contribution in [3.8, 4) is 6.01 Å². The predicted molar refractivity (Wildman–Crippen MR) is 73.2 cm³/mol. The zero-order valence-corrected chi connectivity index (χ0v) is 12.2. The molecule has 0 saturated heterocycles. The number of hydrogen-bond acceptors (Lipinski definition) is 6. The summed E-state index contributed by atoms with van der Waals surface area (Å²) < 4.78 is 43.2. The number of halogens is 4. The van der Waals surface area contributed by atoms with E-state index >= 15 is 0 Å². The van der Waals surface area contributed by atoms with Gasteiger partial charge in [0.2, 0.25) is 11.9 Å². The zero-order valence-electron chi connectivity index (χ0n) is 10.6. The van der Waals surface area contributed by atoms with E-state index in [0.717, 1.165) is 6.07 Å². The monoisotopic (exact) mass is 363 g/mol. The van der Waals surface area contributed by atoms with Crippen molar-refractivity contribution in [3.63, 3.8) is 0 Å². The molecule has 0 amide bonds. The second kappa shape index (κ2) is 5.72. The molecule has 0 aliphatic rings. The molecule has 21 heavy (non-hydrogen) atoms. The molecule has 2 aromatic rings. The number of aromatic nitrogens is 3. The van der Waals surface area contributed by atoms with Crippen LogP contribution >= 0.6 is 15.9 Å². The number of alkyl halides is 3. The predicted octanol–water partition coefficient (Wildman–Crippen LogP) is 2.99. The Kier molecular flexibility index (Phi) is 4.16. The standard InChI is InChI=1S/C11H9BrF3N5O/c1-21-10-19-8(16)18-9(20-10)17-5-2-3-7(12)6(4-5)11(13,14)15/h2-4H,1H3,(H3,16,17,18,19,20). The van der Waals surface area contributed by atoms with Gasteiger partial charge in [0.1, 0.15) is 0 Å². The Morgan fingerprint density at radius 1 is 1.24 bits per heavy atom. The van der Waals surface area contributed by atoms with Gasteiger partial charge in [-0.3, -0.25) is 0 Å². The highest BCUT2D eigenvalue weighted by atomic mass is 79.9. The van der Waals surface area contributed by atoms with Crippen molar-refractivity contribution in [1.29, 1.82) is 0 Å². The Labute approximate surface area is 125 Å². The molecule has 0 fully saturated rings. The topological polar surface area (TPSA) is 86.0 Å². The first-order chi connectivity index (χ1) is 9.79. The Balaban J connectivity index is 2.34. The molecule has 0 bridgehead atoms. The van der Waals surface area contributed by atoms with Gasteiger partial charge in [0, 0.05) is 10.2 Å². The van der Waals surface area contributed by atoms with Gasteiger partial charge in [-0.2, -0.15) is 28.1 Å². The van der Waals surface area contributed by atoms with Crippen LogP contribution in [0.5, 0.6) is 6.01 Å². The lowest BCUT2D eigenvalue weighted by Crippen LogP contribution is -2.08. The van der Waals surface area contributed by atoms with E-state index in [1.54, 1.807) is 0 Å². The van der Waals surface area contributed by atoms with E-state index < -0.39 is 11.7 Å². The Morgan fingerprint density at radius 3 is 2.57 bits per heavy atom. The van der Waals surface area contributed by atoms with Crippen molar-refractivity contribution in [3.05, 3.63) is 28.2 Å². The molecule has 1 aromatic carbocycles. The van der Waals surface area contributed by atoms with Crippen molar-refractivity contribution in [1.82, 2.24) is 15.0 Å². The molecule has 0 aliphatic carbocycles. The summed E-state index contributed by atoms with van der Waals surface area (Å²) in [5.41, 5.74) is 4.78. The van der Waals surface area contributed by atoms with Crippen LogP contribution in [0.2, 0.25) is 0 Å². The van der Waals surface area contributed by atoms with Crippen LogP contribution < -0.4 is 15.8 Å². The SMILES string of the molecule is COc1nc(N)nc(Nc2ccc(Br)c(C(F)(F)F)c2)n1. The molecule has 2 rings (SSSR count). The van der Waals surface area contributed by atoms with E-state index in [1.807, 2.05) is 0 Å². The summed E-state index contributed by atoms with van der Waals surface area (Å²) in [5, 5.41) is 2.62. The van der Waals surface area contributed by atoms with E-state index in [-0.39, 0.29) is 28.1 Å². The molecule has 0 unspecified atom stereocenters. The Morgan fingerprint density at radius 2 is 1.95 bits per heavy atom. The number of nitrogen functional groups attached to an aromatic ring is 1. The fourth-order valence-corrected chi connectivity index (χ4v) is 1.94. The van der Waals surface area contributed by atoms with Gasteiger partial charge in [0.15, 0.2) is 0 Å². The van der Waals surface area contributed by atoms with Crippen LogP contribution in [0, 0.1) is 0 Å². The summed E-state index contributed by atoms with van der Waals surface area (Å²) in [6.07, 6.45) is -4.48. The number of anilines is 3. The summed E-state index contributed by atoms with van der Waals surface area (Å²) >= 11 is 2.86. The van der Waals surface area contributed by atoms with Crippen molar-refractivity contribution in [2.24, 2.45) is 0 Å². The van der Waals surface area contributed by atoms with Crippen LogP contribution in [0.1, 0.15) is 5.56 Å². The first-order valence-corrected chi connectivity index (χ1v) is 6.28. The van der Waals surface area contributed by atoms with Crippen molar-refractivity contribution < 1.29 is 17.9 Å². The number of methoxy groups -OCH3 is 1. The number of nitrogens with two attached hydrogens (primary N) is 1. The van der Waals surface area contributed by atoms with Gasteiger partial charge in [-0.1, -0.05) is 15.9 Å². The van der Waals surface area contributed by atoms with Gasteiger partial charge in [0.25, 0.3) is 0 Å². The third-order valence-electron chi connectivity index (χ3n) is 2.34. The highest BCUT2D eigenvalue weighted by Gasteiger charge is 2.33. The van der Waals surface area contributed by atoms with Crippen LogP contribution in [-0.4, -0.2) is 22.1 Å². The van der Waals surface area contributed by atoms with E-state index in [0.29, 0.717) is 0 Å². The molecule has 3 N–H and O–H groups in total. The second-order valence-electron chi connectivity index (χ2n) is 3.82. The van der Waals surface area contributed by atoms with Gasteiger partial charge in [-0.15, -0.1) is 0 Å². The van der Waals surface area contributed by atoms with Crippen molar-refractivity contribution >= 4 is 33.5 Å². The third kappa shape index (κ3) is 3.72. The normalized spacial score (nSPS) is 11.3. The third-order valence-corrected chi connectivity index (χ3v) is 3.03. The molecule has 0 atom stereocenters. The maximum atomic E-state index is 12.8. The van der Waals surface area contributed by atoms with Crippen LogP contribution in [0.3, 0.4) is 0 Å². The van der Waals surface area contributed by atoms with E-state index in [1.165, 1.54) is 19.2 Å². The first kappa shape index (κ1) is 15.3. The van der Waals surface area contributed by atoms with E-state index in [4.69, 9.17) is 10.5 Å². The molecule has 0 aliphatic heterocycles. The quantitative estimate of drug-likeness (QED) is 0.871. The molecular weight excluding hydrogens is 355 g/mol. The van der Waals surface area contributed by atoms with Gasteiger partial charge in [-0.25, -0.2) is 0 Å². The van der Waals surface area contributed by atoms with Crippen molar-refractivity contribution in [2.45, 2.75) is 6.18 Å². The smallest absolute Gasteiger partial charge is 0.417 e. The minimum absolute atomic E-state index is 0.0187. The summed E-state index contributed by atoms with van der Waals surface area (Å²) in [6.45, 7) is 0. The maximum absolute atomic E-state index is 12.8. The average Bonchev–Trinajstić information content (AvgIpc) is 2.39. The van der Waals surface area contributed by atoms with Gasteiger partial charge < -0.3 is 15.8 Å². The lowest BCUT2D eigenvalue weighted by molar-refractivity contribution is -0.138. The average molecular weight is 364 g/mol. The number of benzene rings is 1. The fourth-order valence-electron chi connectivity index (χ4n) is 1.47. The van der Waals surface area contributed by atoms with Gasteiger partial charge in [0.05, 0.1) is 12.7 Å². The lowest BCUT2D eigenvalue weighted by atomic mass is 10.2. The van der Waals surface area contributed by atoms with Crippen LogP contribution in [0.25, 0.3) is 0 Å². The largest absolute Gasteiger partial charge is 0.467 e. The minimum atomic E-state index is -4.48. The molecule has 0 spiro atoms. The molecule has 0 radical (unpaired) electrons. The molecule has 1 heterocycles. The Hall–Kier alpha value is -2.10. The molecule has 1 aromatic heterocycles. The molecule has 0 saturated carbocycles. The van der Waals surface area contributed by atoms with Crippen molar-refractivity contribution in [2.75, 3.05) is 18.2 Å². The van der Waals surface area contributed by atoms with Gasteiger partial charge >= 0.3 is 12.2 Å². The van der Waals surface area contributed by atoms with Crippen LogP contribution in [0.4, 0.5) is 30.8 Å². The second-order valence-corrected chi connectivity index (χ2v) is 4.68. The number of nitrogens with one attached hydrogen (secondary N) is 1. The molecule has 10 heteroatoms. The van der Waals surface area contributed by atoms with Crippen LogP contribution in [0.15, 0.2) is 22.7 Å². The number of rotatable bonds is 3. The summed E-state index contributed by atoms with van der Waals surface area (Å²) in [5.74, 6) is -0.132. The molecule has 112 valence electrons. The molecular formula is C11H9BrF3N5O. The lowest BCUT2D eigenvalue weighted by Gasteiger charge is -2.12. The first-order valence-electron chi connectivity index (χ1n) is 5.49. The number of nitrogens with zero attached hydrogens (tertiary/aromatic N) is 3. The fraction of sp³-hybridized carbons (Fsp3) is 0.182. The summed E-state index contributed by atoms with van der Waals surface area (Å²) in [6, 6.07) is 3.59. The highest BCUT2D eigenvalue weighted by Crippen LogP contribution is 2.36. The number of hydrogen-bond donors (Lipinski definition) is 2. The zero-order chi connectivity index (χ0) is 15.6. The highest BCUT2D eigenvalue weighted by molar-refractivity contribution is 9.10. The van der Waals surface area contributed by atoms with E-state index in [9.17, 15) is 13.2 Å². The van der Waals surface area contributed by atoms with Gasteiger partial charge in [-0.05, 0) is 18.2 Å². The Bertz CT molecular complexity index is 665. The maximum Gasteiger partial charge on any atom is 0.417 e. The summed E-state index contributed by atoms with van der Waals surface area (Å²) in [4.78, 5) is 11.3. The molecule has 6 nitrogen and oxygen atoms in total. The summed E-state index contributed by atoms with van der Waals surface area (Å²) in [7, 11) is 1.33.